The molecule has 0 aliphatic heterocycles. The van der Waals surface area contributed by atoms with Crippen LogP contribution in [-0.2, 0) is 0 Å². The maximum Gasteiger partial charge on any atom is 0.0449 e. The molecule has 1 aromatic carbocycles. The molecule has 0 amide bonds. The summed E-state index contributed by atoms with van der Waals surface area (Å²) in [5.41, 5.74) is 5.41. The van der Waals surface area contributed by atoms with Gasteiger partial charge in [-0.05, 0) is 65.6 Å². The van der Waals surface area contributed by atoms with Crippen molar-refractivity contribution in [1.29, 1.82) is 0 Å². The van der Waals surface area contributed by atoms with Gasteiger partial charge in [-0.3, -0.25) is 0 Å². The van der Waals surface area contributed by atoms with Gasteiger partial charge in [0.1, 0.15) is 0 Å². The van der Waals surface area contributed by atoms with Crippen LogP contribution in [0, 0.1) is 5.92 Å². The van der Waals surface area contributed by atoms with Crippen LogP contribution in [0.1, 0.15) is 71.1 Å². The van der Waals surface area contributed by atoms with E-state index in [1.807, 2.05) is 18.3 Å². The van der Waals surface area contributed by atoms with E-state index in [0.717, 1.165) is 6.42 Å². The van der Waals surface area contributed by atoms with Crippen LogP contribution in [0.25, 0.3) is 5.69 Å². The molecule has 1 N–H and O–H groups in total. The van der Waals surface area contributed by atoms with Gasteiger partial charge in [0.15, 0.2) is 0 Å². The molecule has 4 rings (SSSR count). The van der Waals surface area contributed by atoms with Gasteiger partial charge in [0, 0.05) is 30.0 Å². The van der Waals surface area contributed by atoms with Crippen molar-refractivity contribution >= 4 is 0 Å². The van der Waals surface area contributed by atoms with Crippen LogP contribution < -0.4 is 0 Å². The topological polar surface area (TPSA) is 20.7 Å². The van der Waals surface area contributed by atoms with Crippen molar-refractivity contribution in [2.75, 3.05) is 0 Å². The van der Waals surface area contributed by atoms with E-state index >= 15 is 0 Å². The van der Waals surface area contributed by atoms with Crippen molar-refractivity contribution in [3.8, 4) is 5.69 Å². The van der Waals surface area contributed by atoms with Gasteiger partial charge in [0.05, 0.1) is 0 Å². The summed E-state index contributed by atoms with van der Waals surface area (Å²) in [5, 5.41) is 0. The first-order chi connectivity index (χ1) is 14.4. The number of allylic oxidation sites excluding steroid dienone is 4. The molecule has 0 fully saturated rings. The molecular weight excluding hydrogens is 364 g/mol. The number of H-pyrrole nitrogens is 1. The zero-order valence-electron chi connectivity index (χ0n) is 19.5. The minimum absolute atomic E-state index is 0.597. The summed E-state index contributed by atoms with van der Waals surface area (Å²) in [6, 6.07) is 16.7. The second-order valence-electron chi connectivity index (χ2n) is 8.62. The van der Waals surface area contributed by atoms with E-state index in [9.17, 15) is 0 Å². The molecule has 0 spiro atoms. The fourth-order valence-corrected chi connectivity index (χ4v) is 3.12. The van der Waals surface area contributed by atoms with Crippen molar-refractivity contribution in [3.63, 3.8) is 0 Å². The average molecular weight is 403 g/mol. The Labute approximate surface area is 183 Å². The minimum Gasteiger partial charge on any atom is -0.365 e. The first-order valence-electron chi connectivity index (χ1n) is 11.1. The lowest BCUT2D eigenvalue weighted by atomic mass is 10.1. The Balaban J connectivity index is 0.000000172. The van der Waals surface area contributed by atoms with Crippen LogP contribution in [-0.4, -0.2) is 9.55 Å². The Hall–Kier alpha value is -2.74. The molecule has 0 radical (unpaired) electrons. The van der Waals surface area contributed by atoms with Crippen LogP contribution in [0.2, 0.25) is 0 Å². The Morgan fingerprint density at radius 2 is 1.53 bits per heavy atom. The van der Waals surface area contributed by atoms with Crippen LogP contribution in [0.15, 0.2) is 90.9 Å². The zero-order chi connectivity index (χ0) is 21.9. The summed E-state index contributed by atoms with van der Waals surface area (Å²) < 4.78 is 2.16. The summed E-state index contributed by atoms with van der Waals surface area (Å²) in [5.74, 6) is 1.94. The lowest BCUT2D eigenvalue weighted by Crippen LogP contribution is -1.89. The number of aromatic nitrogens is 2. The predicted molar refractivity (Wildman–Crippen MR) is 131 cm³/mol. The Morgan fingerprint density at radius 3 is 1.93 bits per heavy atom. The Bertz CT molecular complexity index is 891. The van der Waals surface area contributed by atoms with Gasteiger partial charge >= 0.3 is 0 Å². The van der Waals surface area contributed by atoms with E-state index in [-0.39, 0.29) is 0 Å². The van der Waals surface area contributed by atoms with E-state index in [4.69, 9.17) is 0 Å². The molecule has 0 atom stereocenters. The second-order valence-corrected chi connectivity index (χ2v) is 8.62. The highest BCUT2D eigenvalue weighted by Gasteiger charge is 2.02. The average Bonchev–Trinajstić information content (AvgIpc) is 3.52. The standard InChI is InChI=1S/C13H15N.C8H12.C7H11N/c1-11(2)12-8-9-14(10-12)13-6-4-3-5-7-13;1-7(2)8-5-3-4-6-8;1-6(2)7-4-3-5-8-7/h3-11H,1-2H3;3,5-7H,4H2,1-2H3;3-6,8H,1-2H3. The number of para-hydroxylation sites is 1. The summed E-state index contributed by atoms with van der Waals surface area (Å²) >= 11 is 0. The molecule has 1 aliphatic rings. The van der Waals surface area contributed by atoms with Gasteiger partial charge in [-0.1, -0.05) is 78.0 Å². The monoisotopic (exact) mass is 402 g/mol. The number of hydrogen-bond donors (Lipinski definition) is 1. The molecule has 0 saturated carbocycles. The van der Waals surface area contributed by atoms with Crippen LogP contribution in [0.3, 0.4) is 0 Å². The summed E-state index contributed by atoms with van der Waals surface area (Å²) in [7, 11) is 0. The lowest BCUT2D eigenvalue weighted by Gasteiger charge is -2.02. The van der Waals surface area contributed by atoms with Crippen LogP contribution >= 0.6 is 0 Å². The van der Waals surface area contributed by atoms with Gasteiger partial charge in [-0.15, -0.1) is 0 Å². The third-order valence-electron chi connectivity index (χ3n) is 5.15. The number of benzene rings is 1. The molecular formula is C28H38N2. The highest BCUT2D eigenvalue weighted by molar-refractivity contribution is 5.34. The predicted octanol–water partition coefficient (Wildman–Crippen LogP) is 8.27. The zero-order valence-corrected chi connectivity index (χ0v) is 19.5. The largest absolute Gasteiger partial charge is 0.365 e. The van der Waals surface area contributed by atoms with Crippen LogP contribution in [0.5, 0.6) is 0 Å². The number of aromatic amines is 1. The fraction of sp³-hybridized carbons (Fsp3) is 0.357. The Kier molecular flexibility index (Phi) is 9.47. The second kappa shape index (κ2) is 12.1. The smallest absolute Gasteiger partial charge is 0.0449 e. The van der Waals surface area contributed by atoms with Gasteiger partial charge < -0.3 is 9.55 Å². The van der Waals surface area contributed by atoms with E-state index < -0.39 is 0 Å². The molecule has 30 heavy (non-hydrogen) atoms. The molecule has 0 saturated heterocycles. The maximum atomic E-state index is 3.14. The molecule has 2 heteroatoms. The van der Waals surface area contributed by atoms with Crippen molar-refractivity contribution in [3.05, 3.63) is 102 Å². The van der Waals surface area contributed by atoms with E-state index in [2.05, 4.69) is 118 Å². The number of rotatable bonds is 4. The quantitative estimate of drug-likeness (QED) is 0.453. The van der Waals surface area contributed by atoms with Gasteiger partial charge in [-0.25, -0.2) is 0 Å². The molecule has 2 heterocycles. The van der Waals surface area contributed by atoms with E-state index in [0.29, 0.717) is 17.8 Å². The molecule has 160 valence electrons. The van der Waals surface area contributed by atoms with Crippen molar-refractivity contribution in [1.82, 2.24) is 9.55 Å². The van der Waals surface area contributed by atoms with Gasteiger partial charge in [0.2, 0.25) is 0 Å². The Morgan fingerprint density at radius 1 is 0.800 bits per heavy atom. The van der Waals surface area contributed by atoms with Gasteiger partial charge in [-0.2, -0.15) is 0 Å². The molecule has 3 aromatic rings. The van der Waals surface area contributed by atoms with Crippen molar-refractivity contribution in [2.45, 2.75) is 59.8 Å². The highest BCUT2D eigenvalue weighted by atomic mass is 14.9. The molecule has 1 aliphatic carbocycles. The van der Waals surface area contributed by atoms with E-state index in [1.165, 1.54) is 22.5 Å². The van der Waals surface area contributed by atoms with Crippen LogP contribution in [0.4, 0.5) is 0 Å². The van der Waals surface area contributed by atoms with Gasteiger partial charge in [0.25, 0.3) is 0 Å². The summed E-state index contributed by atoms with van der Waals surface area (Å²) in [6.45, 7) is 13.2. The first-order valence-corrected chi connectivity index (χ1v) is 11.1. The highest BCUT2D eigenvalue weighted by Crippen LogP contribution is 2.18. The summed E-state index contributed by atoms with van der Waals surface area (Å²) in [6.07, 6.45) is 14.1. The number of nitrogens with one attached hydrogen (secondary N) is 1. The van der Waals surface area contributed by atoms with Crippen molar-refractivity contribution < 1.29 is 0 Å². The minimum atomic E-state index is 0.597. The third-order valence-corrected chi connectivity index (χ3v) is 5.15. The fourth-order valence-electron chi connectivity index (χ4n) is 3.12. The molecule has 2 nitrogen and oxygen atoms in total. The lowest BCUT2D eigenvalue weighted by molar-refractivity contribution is 0.793. The van der Waals surface area contributed by atoms with Crippen molar-refractivity contribution in [2.24, 2.45) is 5.92 Å². The molecule has 0 bridgehead atoms. The van der Waals surface area contributed by atoms with E-state index in [1.54, 1.807) is 0 Å². The molecule has 2 aromatic heterocycles. The first kappa shape index (κ1) is 23.5. The maximum absolute atomic E-state index is 3.14. The number of nitrogens with zero attached hydrogens (tertiary/aromatic N) is 1. The normalized spacial score (nSPS) is 12.5. The summed E-state index contributed by atoms with van der Waals surface area (Å²) in [4.78, 5) is 3.14. The third kappa shape index (κ3) is 7.59. The SMILES string of the molecule is CC(C)C1=CCC=C1.CC(C)c1ccc[nH]1.CC(C)c1ccn(-c2ccccc2)c1. The molecule has 0 unspecified atom stereocenters. The number of hydrogen-bond acceptors (Lipinski definition) is 0.